The van der Waals surface area contributed by atoms with Crippen LogP contribution in [0.1, 0.15) is 55.6 Å². The topological polar surface area (TPSA) is 63.3 Å². The molecule has 0 amide bonds. The first-order chi connectivity index (χ1) is 16.9. The number of allylic oxidation sites excluding steroid dienone is 2. The maximum absolute atomic E-state index is 15.1. The molecule has 176 valence electrons. The molecule has 3 aliphatic rings. The van der Waals surface area contributed by atoms with Gasteiger partial charge in [0.2, 0.25) is 5.70 Å². The van der Waals surface area contributed by atoms with Gasteiger partial charge in [-0.15, -0.1) is 0 Å². The molecule has 3 aliphatic carbocycles. The van der Waals surface area contributed by atoms with Crippen molar-refractivity contribution in [3.05, 3.63) is 87.7 Å². The number of aromatic nitrogens is 3. The Morgan fingerprint density at radius 3 is 2.71 bits per heavy atom. The first kappa shape index (κ1) is 21.9. The van der Waals surface area contributed by atoms with Crippen LogP contribution < -0.4 is 0 Å². The maximum Gasteiger partial charge on any atom is 0.203 e. The lowest BCUT2D eigenvalue weighted by atomic mass is 9.57. The molecule has 35 heavy (non-hydrogen) atoms. The summed E-state index contributed by atoms with van der Waals surface area (Å²) in [4.78, 5) is 18.4. The lowest BCUT2D eigenvalue weighted by molar-refractivity contribution is 0.135. The summed E-state index contributed by atoms with van der Waals surface area (Å²) >= 11 is 0. The van der Waals surface area contributed by atoms with Crippen molar-refractivity contribution in [2.24, 2.45) is 11.8 Å². The van der Waals surface area contributed by atoms with Crippen molar-refractivity contribution in [2.45, 2.75) is 57.8 Å². The van der Waals surface area contributed by atoms with Gasteiger partial charge in [0.05, 0.1) is 23.7 Å². The van der Waals surface area contributed by atoms with Gasteiger partial charge in [-0.05, 0) is 68.2 Å². The van der Waals surface area contributed by atoms with Gasteiger partial charge in [0.1, 0.15) is 5.82 Å². The summed E-state index contributed by atoms with van der Waals surface area (Å²) in [5, 5.41) is 10.7. The fourth-order valence-corrected chi connectivity index (χ4v) is 6.66. The molecule has 3 atom stereocenters. The Kier molecular flexibility index (Phi) is 5.00. The van der Waals surface area contributed by atoms with E-state index in [9.17, 15) is 5.11 Å². The van der Waals surface area contributed by atoms with Gasteiger partial charge in [-0.1, -0.05) is 26.0 Å². The number of benzene rings is 1. The van der Waals surface area contributed by atoms with E-state index in [2.05, 4.69) is 16.8 Å². The van der Waals surface area contributed by atoms with E-state index in [1.807, 2.05) is 25.3 Å². The quantitative estimate of drug-likeness (QED) is 0.445. The van der Waals surface area contributed by atoms with Crippen LogP contribution in [0.3, 0.4) is 0 Å². The third-order valence-electron chi connectivity index (χ3n) is 8.43. The SMILES string of the molecule is [C-]#[N+]C1=C(O)[C@H](C)[C@H]2CCc3c(-c4ccccc4F)nc(-c4ccnc5c4CCC5)nc3[C@]2(C)C1. The van der Waals surface area contributed by atoms with E-state index in [0.717, 1.165) is 48.2 Å². The summed E-state index contributed by atoms with van der Waals surface area (Å²) in [6.07, 6.45) is 6.71. The van der Waals surface area contributed by atoms with Gasteiger partial charge >= 0.3 is 0 Å². The first-order valence-corrected chi connectivity index (χ1v) is 12.3. The minimum absolute atomic E-state index is 0.133. The lowest BCUT2D eigenvalue weighted by Crippen LogP contribution is -2.45. The first-order valence-electron chi connectivity index (χ1n) is 12.3. The van der Waals surface area contributed by atoms with Gasteiger partial charge in [-0.3, -0.25) is 4.98 Å². The molecule has 1 N–H and O–H groups in total. The molecule has 6 rings (SSSR count). The minimum atomic E-state index is -0.451. The number of fused-ring (bicyclic) bond motifs is 4. The van der Waals surface area contributed by atoms with Crippen LogP contribution in [0, 0.1) is 24.2 Å². The largest absolute Gasteiger partial charge is 0.523 e. The van der Waals surface area contributed by atoms with Crippen molar-refractivity contribution < 1.29 is 9.50 Å². The standard InChI is InChI=1S/C29H27FN4O/c1-16-21-12-11-20-25(19-7-4-5-9-22(19)30)33-28(18-13-14-32-23-10-6-8-17(18)23)34-27(20)29(21,2)15-24(31-3)26(16)35/h4-5,7,9,13-14,16,21,35H,6,8,10-12,15H2,1-2H3/t16-,21-,29-/m1/s1. The van der Waals surface area contributed by atoms with Crippen molar-refractivity contribution in [2.75, 3.05) is 0 Å². The summed E-state index contributed by atoms with van der Waals surface area (Å²) in [5.74, 6) is 0.510. The predicted molar refractivity (Wildman–Crippen MR) is 132 cm³/mol. The van der Waals surface area contributed by atoms with Crippen molar-refractivity contribution in [3.63, 3.8) is 0 Å². The second kappa shape index (κ2) is 7.98. The third kappa shape index (κ3) is 3.21. The molecule has 0 radical (unpaired) electrons. The molecular weight excluding hydrogens is 439 g/mol. The lowest BCUT2D eigenvalue weighted by Gasteiger charge is -2.48. The number of hydrogen-bond acceptors (Lipinski definition) is 4. The molecule has 0 unspecified atom stereocenters. The zero-order valence-electron chi connectivity index (χ0n) is 20.0. The number of rotatable bonds is 2. The monoisotopic (exact) mass is 466 g/mol. The molecule has 0 spiro atoms. The maximum atomic E-state index is 15.1. The highest BCUT2D eigenvalue weighted by molar-refractivity contribution is 5.71. The van der Waals surface area contributed by atoms with E-state index >= 15 is 4.39 Å². The average Bonchev–Trinajstić information content (AvgIpc) is 3.35. The van der Waals surface area contributed by atoms with E-state index in [-0.39, 0.29) is 23.4 Å². The van der Waals surface area contributed by atoms with Crippen molar-refractivity contribution in [3.8, 4) is 22.6 Å². The normalized spacial score (nSPS) is 25.0. The van der Waals surface area contributed by atoms with Crippen LogP contribution in [-0.4, -0.2) is 20.1 Å². The van der Waals surface area contributed by atoms with Gasteiger partial charge < -0.3 is 5.11 Å². The van der Waals surface area contributed by atoms with Gasteiger partial charge in [0.25, 0.3) is 0 Å². The molecule has 5 nitrogen and oxygen atoms in total. The molecular formula is C29H27FN4O. The number of aliphatic hydroxyl groups is 1. The fraction of sp³-hybridized carbons (Fsp3) is 0.379. The molecule has 3 aromatic rings. The summed E-state index contributed by atoms with van der Waals surface area (Å²) in [6, 6.07) is 8.76. The number of nitrogens with zero attached hydrogens (tertiary/aromatic N) is 4. The van der Waals surface area contributed by atoms with E-state index in [1.54, 1.807) is 12.1 Å². The Hall–Kier alpha value is -3.59. The van der Waals surface area contributed by atoms with Gasteiger partial charge in [-0.2, -0.15) is 0 Å². The molecule has 0 saturated carbocycles. The van der Waals surface area contributed by atoms with Gasteiger partial charge in [0.15, 0.2) is 5.82 Å². The van der Waals surface area contributed by atoms with Crippen LogP contribution in [0.25, 0.3) is 27.5 Å². The second-order valence-corrected chi connectivity index (χ2v) is 10.3. The van der Waals surface area contributed by atoms with Gasteiger partial charge in [-0.25, -0.2) is 19.2 Å². The number of halogens is 1. The zero-order chi connectivity index (χ0) is 24.3. The molecule has 2 aromatic heterocycles. The molecule has 6 heteroatoms. The average molecular weight is 467 g/mol. The predicted octanol–water partition coefficient (Wildman–Crippen LogP) is 6.38. The molecule has 1 aromatic carbocycles. The number of pyridine rings is 1. The highest BCUT2D eigenvalue weighted by atomic mass is 19.1. The summed E-state index contributed by atoms with van der Waals surface area (Å²) in [6.45, 7) is 11.8. The highest BCUT2D eigenvalue weighted by Crippen LogP contribution is 2.54. The second-order valence-electron chi connectivity index (χ2n) is 10.3. The molecule has 0 saturated heterocycles. The highest BCUT2D eigenvalue weighted by Gasteiger charge is 2.50. The number of aryl methyl sites for hydroxylation is 1. The Morgan fingerprint density at radius 1 is 1.09 bits per heavy atom. The third-order valence-corrected chi connectivity index (χ3v) is 8.43. The van der Waals surface area contributed by atoms with E-state index in [0.29, 0.717) is 35.6 Å². The Bertz CT molecular complexity index is 1440. The van der Waals surface area contributed by atoms with E-state index in [1.165, 1.54) is 11.6 Å². The molecule has 0 fully saturated rings. The minimum Gasteiger partial charge on any atom is -0.523 e. The van der Waals surface area contributed by atoms with Crippen LogP contribution in [0.15, 0.2) is 48.0 Å². The number of aliphatic hydroxyl groups excluding tert-OH is 1. The molecule has 0 aliphatic heterocycles. The molecule has 0 bridgehead atoms. The van der Waals surface area contributed by atoms with E-state index in [4.69, 9.17) is 16.5 Å². The van der Waals surface area contributed by atoms with Crippen molar-refractivity contribution in [1.82, 2.24) is 15.0 Å². The summed E-state index contributed by atoms with van der Waals surface area (Å²) in [5.41, 5.74) is 6.16. The van der Waals surface area contributed by atoms with Crippen molar-refractivity contribution >= 4 is 0 Å². The number of hydrogen-bond donors (Lipinski definition) is 1. The van der Waals surface area contributed by atoms with Crippen LogP contribution in [0.2, 0.25) is 0 Å². The van der Waals surface area contributed by atoms with Crippen molar-refractivity contribution in [1.29, 1.82) is 0 Å². The Labute approximate surface area is 204 Å². The van der Waals surface area contributed by atoms with Crippen LogP contribution in [-0.2, 0) is 24.7 Å². The Balaban J connectivity index is 1.64. The zero-order valence-corrected chi connectivity index (χ0v) is 20.0. The summed E-state index contributed by atoms with van der Waals surface area (Å²) in [7, 11) is 0. The van der Waals surface area contributed by atoms with Gasteiger partial charge in [0, 0.05) is 39.9 Å². The smallest absolute Gasteiger partial charge is 0.203 e. The molecule has 2 heterocycles. The van der Waals surface area contributed by atoms with Crippen LogP contribution in [0.4, 0.5) is 4.39 Å². The van der Waals surface area contributed by atoms with Crippen LogP contribution >= 0.6 is 0 Å². The fourth-order valence-electron chi connectivity index (χ4n) is 6.66. The van der Waals surface area contributed by atoms with E-state index < -0.39 is 5.41 Å². The van der Waals surface area contributed by atoms with Crippen LogP contribution in [0.5, 0.6) is 0 Å². The summed E-state index contributed by atoms with van der Waals surface area (Å²) < 4.78 is 15.1. The Morgan fingerprint density at radius 2 is 1.91 bits per heavy atom.